The number of aliphatic hydroxyl groups is 3. The predicted molar refractivity (Wildman–Crippen MR) is 145 cm³/mol. The molecule has 39 heavy (non-hydrogen) atoms. The van der Waals surface area contributed by atoms with Crippen molar-refractivity contribution in [1.82, 2.24) is 10.6 Å². The van der Waals surface area contributed by atoms with Gasteiger partial charge in [0, 0.05) is 13.0 Å². The normalized spacial score (nSPS) is 42.5. The summed E-state index contributed by atoms with van der Waals surface area (Å²) in [6.45, 7) is 6.15. The molecular weight excluding hydrogens is 524 g/mol. The Balaban J connectivity index is 1.33. The second kappa shape index (κ2) is 11.5. The molecule has 2 amide bonds. The van der Waals surface area contributed by atoms with Crippen LogP contribution in [0.25, 0.3) is 0 Å². The van der Waals surface area contributed by atoms with Crippen molar-refractivity contribution in [3.63, 3.8) is 0 Å². The fourth-order valence-corrected chi connectivity index (χ4v) is 9.70. The van der Waals surface area contributed by atoms with Crippen molar-refractivity contribution in [2.75, 3.05) is 18.8 Å². The third kappa shape index (κ3) is 6.17. The molecule has 0 radical (unpaired) electrons. The predicted octanol–water partition coefficient (Wildman–Crippen LogP) is 1.48. The molecule has 0 saturated heterocycles. The van der Waals surface area contributed by atoms with E-state index >= 15 is 0 Å². The average Bonchev–Trinajstić information content (AvgIpc) is 3.20. The van der Waals surface area contributed by atoms with Gasteiger partial charge < -0.3 is 26.0 Å². The number of hydrogen-bond acceptors (Lipinski definition) is 7. The SMILES string of the molecule is C[C@H](CCC(=O)NCC(=O)NCCS(=O)(=O)O)[C@H]1CC[C@@H]2[C@H]3[C@H](O)C[C@@H]4C[C@H](O)CC[C@]4(C)[C@@H]3C[C@H](O)[C@@]21C. The Hall–Kier alpha value is -1.27. The summed E-state index contributed by atoms with van der Waals surface area (Å²) >= 11 is 0. The van der Waals surface area contributed by atoms with Gasteiger partial charge in [-0.15, -0.1) is 0 Å². The quantitative estimate of drug-likeness (QED) is 0.225. The molecule has 4 aliphatic rings. The van der Waals surface area contributed by atoms with E-state index in [1.807, 2.05) is 0 Å². The fourth-order valence-electron chi connectivity index (χ4n) is 9.34. The number of aliphatic hydroxyl groups excluding tert-OH is 3. The molecule has 0 bridgehead atoms. The van der Waals surface area contributed by atoms with E-state index in [4.69, 9.17) is 4.55 Å². The highest BCUT2D eigenvalue weighted by Gasteiger charge is 2.65. The van der Waals surface area contributed by atoms with E-state index in [9.17, 15) is 33.3 Å². The lowest BCUT2D eigenvalue weighted by molar-refractivity contribution is -0.207. The zero-order valence-electron chi connectivity index (χ0n) is 23.5. The van der Waals surface area contributed by atoms with Gasteiger partial charge in [0.1, 0.15) is 0 Å². The molecule has 10 nitrogen and oxygen atoms in total. The van der Waals surface area contributed by atoms with Crippen molar-refractivity contribution >= 4 is 21.9 Å². The van der Waals surface area contributed by atoms with Crippen LogP contribution in [0.1, 0.15) is 78.6 Å². The topological polar surface area (TPSA) is 173 Å². The van der Waals surface area contributed by atoms with E-state index in [0.29, 0.717) is 12.8 Å². The van der Waals surface area contributed by atoms with E-state index in [0.717, 1.165) is 38.5 Å². The minimum absolute atomic E-state index is 0.0336. The molecule has 4 rings (SSSR count). The molecule has 0 aromatic carbocycles. The zero-order valence-corrected chi connectivity index (χ0v) is 24.3. The summed E-state index contributed by atoms with van der Waals surface area (Å²) in [6.07, 6.45) is 5.44. The van der Waals surface area contributed by atoms with E-state index in [2.05, 4.69) is 31.4 Å². The summed E-state index contributed by atoms with van der Waals surface area (Å²) in [6, 6.07) is 0. The molecule has 0 heterocycles. The minimum Gasteiger partial charge on any atom is -0.393 e. The number of carbonyl (C=O) groups excluding carboxylic acids is 2. The number of fused-ring (bicyclic) bond motifs is 5. The highest BCUT2D eigenvalue weighted by Crippen LogP contribution is 2.68. The van der Waals surface area contributed by atoms with Crippen LogP contribution in [0.3, 0.4) is 0 Å². The highest BCUT2D eigenvalue weighted by atomic mass is 32.2. The van der Waals surface area contributed by atoms with Crippen LogP contribution in [-0.4, -0.2) is 77.3 Å². The van der Waals surface area contributed by atoms with Gasteiger partial charge in [0.05, 0.1) is 30.6 Å². The van der Waals surface area contributed by atoms with Gasteiger partial charge in [0.2, 0.25) is 11.8 Å². The van der Waals surface area contributed by atoms with Crippen LogP contribution >= 0.6 is 0 Å². The average molecular weight is 573 g/mol. The summed E-state index contributed by atoms with van der Waals surface area (Å²) < 4.78 is 30.2. The molecule has 11 atom stereocenters. The summed E-state index contributed by atoms with van der Waals surface area (Å²) in [5.74, 6) is -0.0801. The van der Waals surface area contributed by atoms with Crippen LogP contribution in [0, 0.1) is 46.3 Å². The molecule has 224 valence electrons. The van der Waals surface area contributed by atoms with Gasteiger partial charge >= 0.3 is 0 Å². The summed E-state index contributed by atoms with van der Waals surface area (Å²) in [7, 11) is -4.16. The smallest absolute Gasteiger partial charge is 0.266 e. The van der Waals surface area contributed by atoms with Crippen molar-refractivity contribution < 1.29 is 37.9 Å². The van der Waals surface area contributed by atoms with Gasteiger partial charge in [0.25, 0.3) is 10.1 Å². The number of rotatable bonds is 9. The molecule has 4 saturated carbocycles. The molecule has 4 fully saturated rings. The second-order valence-electron chi connectivity index (χ2n) is 13.5. The Labute approximate surface area is 232 Å². The Morgan fingerprint density at radius 2 is 1.69 bits per heavy atom. The van der Waals surface area contributed by atoms with Crippen molar-refractivity contribution in [1.29, 1.82) is 0 Å². The third-order valence-corrected chi connectivity index (χ3v) is 12.2. The van der Waals surface area contributed by atoms with Gasteiger partial charge in [0.15, 0.2) is 0 Å². The van der Waals surface area contributed by atoms with Crippen LogP contribution in [0.5, 0.6) is 0 Å². The van der Waals surface area contributed by atoms with Gasteiger partial charge in [-0.25, -0.2) is 0 Å². The fraction of sp³-hybridized carbons (Fsp3) is 0.929. The number of amides is 2. The Morgan fingerprint density at radius 1 is 0.974 bits per heavy atom. The third-order valence-electron chi connectivity index (χ3n) is 11.5. The Morgan fingerprint density at radius 3 is 2.38 bits per heavy atom. The molecular formula is C28H48N2O8S. The monoisotopic (exact) mass is 572 g/mol. The van der Waals surface area contributed by atoms with E-state index in [1.54, 1.807) is 0 Å². The summed E-state index contributed by atoms with van der Waals surface area (Å²) in [5, 5.41) is 38.3. The van der Waals surface area contributed by atoms with Gasteiger partial charge in [-0.05, 0) is 97.7 Å². The maximum absolute atomic E-state index is 12.4. The lowest BCUT2D eigenvalue weighted by Gasteiger charge is -2.63. The minimum atomic E-state index is -4.16. The van der Waals surface area contributed by atoms with Crippen LogP contribution in [-0.2, 0) is 19.7 Å². The van der Waals surface area contributed by atoms with Crippen LogP contribution in [0.4, 0.5) is 0 Å². The second-order valence-corrected chi connectivity index (χ2v) is 15.0. The van der Waals surface area contributed by atoms with Crippen molar-refractivity contribution in [2.45, 2.75) is 96.9 Å². The summed E-state index contributed by atoms with van der Waals surface area (Å²) in [4.78, 5) is 24.2. The highest BCUT2D eigenvalue weighted by molar-refractivity contribution is 7.85. The lowest BCUT2D eigenvalue weighted by atomic mass is 9.43. The molecule has 6 N–H and O–H groups in total. The first-order valence-corrected chi connectivity index (χ1v) is 16.3. The molecule has 0 spiro atoms. The van der Waals surface area contributed by atoms with Crippen LogP contribution < -0.4 is 10.6 Å². The zero-order chi connectivity index (χ0) is 28.8. The Kier molecular flexibility index (Phi) is 9.08. The molecule has 0 unspecified atom stereocenters. The number of carbonyl (C=O) groups is 2. The van der Waals surface area contributed by atoms with Crippen molar-refractivity contribution in [2.24, 2.45) is 46.3 Å². The number of nitrogens with one attached hydrogen (secondary N) is 2. The van der Waals surface area contributed by atoms with Crippen molar-refractivity contribution in [3.8, 4) is 0 Å². The molecule has 4 aliphatic carbocycles. The van der Waals surface area contributed by atoms with E-state index in [-0.39, 0.29) is 77.9 Å². The maximum atomic E-state index is 12.4. The van der Waals surface area contributed by atoms with Crippen LogP contribution in [0.15, 0.2) is 0 Å². The number of hydrogen-bond donors (Lipinski definition) is 6. The molecule has 0 aromatic rings. The van der Waals surface area contributed by atoms with Gasteiger partial charge in [-0.1, -0.05) is 20.8 Å². The van der Waals surface area contributed by atoms with Crippen LogP contribution in [0.2, 0.25) is 0 Å². The van der Waals surface area contributed by atoms with Gasteiger partial charge in [-0.2, -0.15) is 8.42 Å². The Bertz CT molecular complexity index is 1020. The molecule has 0 aliphatic heterocycles. The van der Waals surface area contributed by atoms with E-state index in [1.165, 1.54) is 0 Å². The first-order chi connectivity index (χ1) is 18.2. The van der Waals surface area contributed by atoms with Gasteiger partial charge in [-0.3, -0.25) is 14.1 Å². The van der Waals surface area contributed by atoms with E-state index < -0.39 is 34.0 Å². The largest absolute Gasteiger partial charge is 0.393 e. The molecule has 0 aromatic heterocycles. The lowest BCUT2D eigenvalue weighted by Crippen LogP contribution is -2.62. The first-order valence-electron chi connectivity index (χ1n) is 14.7. The summed E-state index contributed by atoms with van der Waals surface area (Å²) in [5.41, 5.74) is -0.297. The molecule has 11 heteroatoms. The van der Waals surface area contributed by atoms with Crippen molar-refractivity contribution in [3.05, 3.63) is 0 Å². The first kappa shape index (κ1) is 30.7. The maximum Gasteiger partial charge on any atom is 0.266 e. The standard InChI is InChI=1S/C28H48N2O8S/c1-16(4-7-24(34)30-15-25(35)29-10-11-39(36,37)38)19-5-6-20-26-21(14-23(33)28(19,20)3)27(2)9-8-18(31)12-17(27)13-22(26)32/h16-23,26,31-33H,4-15H2,1-3H3,(H,29,35)(H,30,34)(H,36,37,38)/t16-,17+,18-,19-,20-,21-,22-,23+,26-,27+,28-/m1/s1.